The van der Waals surface area contributed by atoms with Gasteiger partial charge in [-0.2, -0.15) is 0 Å². The van der Waals surface area contributed by atoms with Crippen LogP contribution in [0.2, 0.25) is 0 Å². The predicted octanol–water partition coefficient (Wildman–Crippen LogP) is 9.41. The summed E-state index contributed by atoms with van der Waals surface area (Å²) in [5.41, 5.74) is 3.38. The molecule has 176 valence electrons. The average Bonchev–Trinajstić information content (AvgIpc) is 2.87. The molecule has 1 aliphatic carbocycles. The van der Waals surface area contributed by atoms with E-state index in [0.717, 1.165) is 37.7 Å². The largest absolute Gasteiger partial charge is 0.206 e. The molecular weight excluding hydrogens is 429 g/mol. The fourth-order valence-corrected chi connectivity index (χ4v) is 4.88. The normalized spacial score (nSPS) is 18.4. The molecule has 0 heterocycles. The van der Waals surface area contributed by atoms with Crippen LogP contribution < -0.4 is 0 Å². The summed E-state index contributed by atoms with van der Waals surface area (Å²) in [6.07, 6.45) is 11.3. The first-order valence-electron chi connectivity index (χ1n) is 12.2. The Morgan fingerprint density at radius 1 is 0.794 bits per heavy atom. The van der Waals surface area contributed by atoms with Crippen LogP contribution in [0.4, 0.5) is 13.2 Å². The molecule has 0 amide bonds. The second-order valence-electron chi connectivity index (χ2n) is 9.15. The molecule has 3 heteroatoms. The van der Waals surface area contributed by atoms with Gasteiger partial charge in [-0.25, -0.2) is 13.2 Å². The minimum Gasteiger partial charge on any atom is -0.206 e. The predicted molar refractivity (Wildman–Crippen MR) is 135 cm³/mol. The molecule has 4 rings (SSSR count). The Labute approximate surface area is 200 Å². The highest BCUT2D eigenvalue weighted by Gasteiger charge is 2.21. The number of rotatable bonds is 7. The van der Waals surface area contributed by atoms with Gasteiger partial charge in [0.1, 0.15) is 5.82 Å². The van der Waals surface area contributed by atoms with Crippen LogP contribution in [0.5, 0.6) is 0 Å². The first-order chi connectivity index (χ1) is 16.5. The zero-order valence-electron chi connectivity index (χ0n) is 19.7. The highest BCUT2D eigenvalue weighted by atomic mass is 19.2. The molecule has 0 N–H and O–H groups in total. The minimum atomic E-state index is -0.850. The van der Waals surface area contributed by atoms with E-state index in [1.807, 2.05) is 37.3 Å². The Kier molecular flexibility index (Phi) is 7.72. The second-order valence-corrected chi connectivity index (χ2v) is 9.15. The van der Waals surface area contributed by atoms with Crippen molar-refractivity contribution in [3.05, 3.63) is 108 Å². The van der Waals surface area contributed by atoms with Gasteiger partial charge >= 0.3 is 0 Å². The third-order valence-electron chi connectivity index (χ3n) is 6.98. The zero-order valence-corrected chi connectivity index (χ0v) is 19.7. The zero-order chi connectivity index (χ0) is 24.1. The Balaban J connectivity index is 1.52. The summed E-state index contributed by atoms with van der Waals surface area (Å²) in [5, 5.41) is 0. The molecule has 0 nitrogen and oxygen atoms in total. The van der Waals surface area contributed by atoms with Gasteiger partial charge in [-0.15, -0.1) is 6.58 Å². The van der Waals surface area contributed by atoms with Gasteiger partial charge in [-0.1, -0.05) is 73.7 Å². The molecule has 1 aliphatic rings. The van der Waals surface area contributed by atoms with E-state index >= 15 is 4.39 Å². The summed E-state index contributed by atoms with van der Waals surface area (Å²) in [6, 6.07) is 15.7. The van der Waals surface area contributed by atoms with Crippen LogP contribution in [0.25, 0.3) is 22.3 Å². The Morgan fingerprint density at radius 3 is 2.06 bits per heavy atom. The number of halogens is 3. The molecule has 1 saturated carbocycles. The van der Waals surface area contributed by atoms with E-state index in [1.54, 1.807) is 42.5 Å². The Hall–Kier alpha value is -3.07. The van der Waals surface area contributed by atoms with Crippen molar-refractivity contribution in [1.29, 1.82) is 0 Å². The van der Waals surface area contributed by atoms with Crippen molar-refractivity contribution in [1.82, 2.24) is 0 Å². The van der Waals surface area contributed by atoms with Crippen LogP contribution in [-0.4, -0.2) is 0 Å². The van der Waals surface area contributed by atoms with E-state index < -0.39 is 11.6 Å². The summed E-state index contributed by atoms with van der Waals surface area (Å²) in [5.74, 6) is -0.951. The monoisotopic (exact) mass is 460 g/mol. The van der Waals surface area contributed by atoms with E-state index in [0.29, 0.717) is 40.5 Å². The molecule has 3 aromatic carbocycles. The first-order valence-corrected chi connectivity index (χ1v) is 12.2. The van der Waals surface area contributed by atoms with Gasteiger partial charge in [0.15, 0.2) is 11.6 Å². The van der Waals surface area contributed by atoms with Gasteiger partial charge in [-0.05, 0) is 78.7 Å². The number of hydrogen-bond acceptors (Lipinski definition) is 0. The lowest BCUT2D eigenvalue weighted by atomic mass is 9.78. The molecule has 0 radical (unpaired) electrons. The van der Waals surface area contributed by atoms with Gasteiger partial charge in [-0.3, -0.25) is 0 Å². The lowest BCUT2D eigenvalue weighted by molar-refractivity contribution is 0.375. The van der Waals surface area contributed by atoms with Gasteiger partial charge in [0.2, 0.25) is 0 Å². The van der Waals surface area contributed by atoms with E-state index in [4.69, 9.17) is 0 Å². The maximum atomic E-state index is 15.0. The van der Waals surface area contributed by atoms with Crippen LogP contribution in [0, 0.1) is 23.4 Å². The number of allylic oxidation sites excluding steroid dienone is 3. The fourth-order valence-electron chi connectivity index (χ4n) is 4.88. The fraction of sp³-hybridized carbons (Fsp3) is 0.290. The summed E-state index contributed by atoms with van der Waals surface area (Å²) in [7, 11) is 0. The van der Waals surface area contributed by atoms with Crippen molar-refractivity contribution in [3.8, 4) is 22.3 Å². The second kappa shape index (κ2) is 10.9. The molecule has 3 aromatic rings. The molecule has 0 bridgehead atoms. The van der Waals surface area contributed by atoms with Crippen molar-refractivity contribution >= 4 is 0 Å². The first kappa shape index (κ1) is 24.1. The van der Waals surface area contributed by atoms with Gasteiger partial charge in [0.25, 0.3) is 0 Å². The highest BCUT2D eigenvalue weighted by Crippen LogP contribution is 2.38. The molecule has 34 heavy (non-hydrogen) atoms. The molecule has 0 unspecified atom stereocenters. The maximum Gasteiger partial charge on any atom is 0.166 e. The lowest BCUT2D eigenvalue weighted by Gasteiger charge is -2.27. The lowest BCUT2D eigenvalue weighted by Crippen LogP contribution is -2.11. The maximum absolute atomic E-state index is 15.0. The van der Waals surface area contributed by atoms with E-state index in [9.17, 15) is 8.78 Å². The SMILES string of the molecule is C=CC1CCC(c2ccc(-c3ccc(-c4ccc(C/C=C\CC)c(F)c4F)cc3)c(F)c2)CC1. The van der Waals surface area contributed by atoms with Crippen LogP contribution in [0.15, 0.2) is 79.4 Å². The molecular formula is C31H31F3. The van der Waals surface area contributed by atoms with E-state index in [-0.39, 0.29) is 11.4 Å². The molecule has 0 atom stereocenters. The summed E-state index contributed by atoms with van der Waals surface area (Å²) in [6.45, 7) is 5.89. The topological polar surface area (TPSA) is 0 Å². The van der Waals surface area contributed by atoms with Crippen molar-refractivity contribution in [2.75, 3.05) is 0 Å². The molecule has 0 saturated heterocycles. The Morgan fingerprint density at radius 2 is 1.44 bits per heavy atom. The Bertz CT molecular complexity index is 1170. The quantitative estimate of drug-likeness (QED) is 0.308. The smallest absolute Gasteiger partial charge is 0.166 e. The molecule has 0 spiro atoms. The average molecular weight is 461 g/mol. The van der Waals surface area contributed by atoms with Crippen LogP contribution >= 0.6 is 0 Å². The van der Waals surface area contributed by atoms with E-state index in [2.05, 4.69) is 6.58 Å². The summed E-state index contributed by atoms with van der Waals surface area (Å²) < 4.78 is 44.3. The highest BCUT2D eigenvalue weighted by molar-refractivity contribution is 5.71. The third-order valence-corrected chi connectivity index (χ3v) is 6.98. The van der Waals surface area contributed by atoms with Crippen molar-refractivity contribution < 1.29 is 13.2 Å². The van der Waals surface area contributed by atoms with Crippen molar-refractivity contribution in [2.24, 2.45) is 5.92 Å². The van der Waals surface area contributed by atoms with Crippen molar-refractivity contribution in [2.45, 2.75) is 51.4 Å². The number of benzene rings is 3. The minimum absolute atomic E-state index is 0.207. The van der Waals surface area contributed by atoms with Crippen LogP contribution in [0.3, 0.4) is 0 Å². The standard InChI is InChI=1S/C31H31F3/c1-3-5-6-7-25-16-19-28(31(34)30(25)33)24-14-12-23(13-15-24)27-18-17-26(20-29(27)32)22-10-8-21(4-2)9-11-22/h4-6,12-22H,2-3,7-11H2,1H3/b6-5-. The van der Waals surface area contributed by atoms with Gasteiger partial charge in [0, 0.05) is 11.1 Å². The van der Waals surface area contributed by atoms with Crippen LogP contribution in [0.1, 0.15) is 56.1 Å². The third kappa shape index (κ3) is 5.19. The summed E-state index contributed by atoms with van der Waals surface area (Å²) >= 11 is 0. The molecule has 0 aromatic heterocycles. The van der Waals surface area contributed by atoms with Gasteiger partial charge in [0.05, 0.1) is 0 Å². The van der Waals surface area contributed by atoms with Crippen molar-refractivity contribution in [3.63, 3.8) is 0 Å². The molecule has 0 aliphatic heterocycles. The molecule has 1 fully saturated rings. The number of hydrogen-bond donors (Lipinski definition) is 0. The van der Waals surface area contributed by atoms with Crippen LogP contribution in [-0.2, 0) is 6.42 Å². The van der Waals surface area contributed by atoms with Gasteiger partial charge < -0.3 is 0 Å². The summed E-state index contributed by atoms with van der Waals surface area (Å²) in [4.78, 5) is 0. The van der Waals surface area contributed by atoms with E-state index in [1.165, 1.54) is 0 Å².